The topological polar surface area (TPSA) is 64.6 Å². The number of carbonyl (C=O) groups excluding carboxylic acids is 2. The fraction of sp³-hybridized carbons (Fsp3) is 0.300. The lowest BCUT2D eigenvalue weighted by atomic mass is 10.2. The number of hydrogen-bond donors (Lipinski definition) is 1. The molecule has 0 saturated carbocycles. The molecular weight excluding hydrogens is 354 g/mol. The molecule has 0 bridgehead atoms. The Hall–Kier alpha value is -2.53. The van der Waals surface area contributed by atoms with E-state index in [9.17, 15) is 9.59 Å². The standard InChI is InChI=1S/C20H22ClNO4/c1-14-10-11-16(21)13-18(14)22-20(24)15(2)26-19(23)9-6-12-25-17-7-4-3-5-8-17/h3-5,7-8,10-11,13,15H,6,9,12H2,1-2H3,(H,22,24)/t15-/m0/s1. The minimum atomic E-state index is -0.893. The molecule has 2 aromatic rings. The van der Waals surface area contributed by atoms with E-state index in [4.69, 9.17) is 21.1 Å². The number of carbonyl (C=O) groups is 2. The van der Waals surface area contributed by atoms with Gasteiger partial charge in [0.15, 0.2) is 6.10 Å². The Morgan fingerprint density at radius 3 is 2.62 bits per heavy atom. The molecule has 2 rings (SSSR count). The van der Waals surface area contributed by atoms with E-state index in [2.05, 4.69) is 5.32 Å². The number of amides is 1. The minimum absolute atomic E-state index is 0.181. The van der Waals surface area contributed by atoms with Crippen molar-refractivity contribution < 1.29 is 19.1 Å². The third-order valence-corrected chi connectivity index (χ3v) is 3.91. The molecule has 26 heavy (non-hydrogen) atoms. The molecular formula is C20H22ClNO4. The van der Waals surface area contributed by atoms with E-state index in [1.54, 1.807) is 18.2 Å². The number of halogens is 1. The summed E-state index contributed by atoms with van der Waals surface area (Å²) in [5.41, 5.74) is 1.47. The summed E-state index contributed by atoms with van der Waals surface area (Å²) >= 11 is 5.93. The molecule has 0 heterocycles. The van der Waals surface area contributed by atoms with E-state index >= 15 is 0 Å². The van der Waals surface area contributed by atoms with Crippen LogP contribution < -0.4 is 10.1 Å². The van der Waals surface area contributed by atoms with Gasteiger partial charge in [-0.15, -0.1) is 0 Å². The molecule has 0 spiro atoms. The highest BCUT2D eigenvalue weighted by molar-refractivity contribution is 6.31. The van der Waals surface area contributed by atoms with Gasteiger partial charge < -0.3 is 14.8 Å². The molecule has 1 amide bonds. The van der Waals surface area contributed by atoms with Gasteiger partial charge in [-0.3, -0.25) is 9.59 Å². The summed E-state index contributed by atoms with van der Waals surface area (Å²) in [4.78, 5) is 24.0. The SMILES string of the molecule is Cc1ccc(Cl)cc1NC(=O)[C@H](C)OC(=O)CCCOc1ccccc1. The molecule has 0 aliphatic carbocycles. The largest absolute Gasteiger partial charge is 0.494 e. The molecule has 0 aromatic heterocycles. The first-order chi connectivity index (χ1) is 12.5. The second kappa shape index (κ2) is 9.82. The number of benzene rings is 2. The van der Waals surface area contributed by atoms with Gasteiger partial charge in [0, 0.05) is 17.1 Å². The summed E-state index contributed by atoms with van der Waals surface area (Å²) in [7, 11) is 0. The number of aryl methyl sites for hydroxylation is 1. The summed E-state index contributed by atoms with van der Waals surface area (Å²) in [5, 5.41) is 3.24. The molecule has 6 heteroatoms. The average Bonchev–Trinajstić information content (AvgIpc) is 2.62. The smallest absolute Gasteiger partial charge is 0.306 e. The number of rotatable bonds is 8. The van der Waals surface area contributed by atoms with Gasteiger partial charge in [0.25, 0.3) is 5.91 Å². The predicted molar refractivity (Wildman–Crippen MR) is 102 cm³/mol. The van der Waals surface area contributed by atoms with Crippen molar-refractivity contribution in [2.75, 3.05) is 11.9 Å². The number of esters is 1. The first-order valence-electron chi connectivity index (χ1n) is 8.40. The highest BCUT2D eigenvalue weighted by Gasteiger charge is 2.18. The van der Waals surface area contributed by atoms with Crippen LogP contribution in [-0.2, 0) is 14.3 Å². The maximum absolute atomic E-state index is 12.2. The Morgan fingerprint density at radius 2 is 1.88 bits per heavy atom. The van der Waals surface area contributed by atoms with Crippen LogP contribution in [0.3, 0.4) is 0 Å². The van der Waals surface area contributed by atoms with E-state index < -0.39 is 18.0 Å². The zero-order chi connectivity index (χ0) is 18.9. The van der Waals surface area contributed by atoms with Crippen molar-refractivity contribution >= 4 is 29.2 Å². The van der Waals surface area contributed by atoms with Crippen molar-refractivity contribution in [1.82, 2.24) is 0 Å². The zero-order valence-corrected chi connectivity index (χ0v) is 15.6. The fourth-order valence-corrected chi connectivity index (χ4v) is 2.37. The van der Waals surface area contributed by atoms with Crippen LogP contribution in [0.1, 0.15) is 25.3 Å². The van der Waals surface area contributed by atoms with Crippen LogP contribution in [0.2, 0.25) is 5.02 Å². The summed E-state index contributed by atoms with van der Waals surface area (Å²) in [6, 6.07) is 14.6. The van der Waals surface area contributed by atoms with Crippen LogP contribution in [-0.4, -0.2) is 24.6 Å². The molecule has 0 saturated heterocycles. The van der Waals surface area contributed by atoms with Crippen molar-refractivity contribution in [2.24, 2.45) is 0 Å². The first kappa shape index (κ1) is 19.8. The van der Waals surface area contributed by atoms with Gasteiger partial charge in [-0.1, -0.05) is 35.9 Å². The van der Waals surface area contributed by atoms with Crippen LogP contribution in [0, 0.1) is 6.92 Å². The lowest BCUT2D eigenvalue weighted by molar-refractivity contribution is -0.153. The molecule has 0 fully saturated rings. The van der Waals surface area contributed by atoms with Crippen molar-refractivity contribution in [1.29, 1.82) is 0 Å². The van der Waals surface area contributed by atoms with Crippen LogP contribution in [0.15, 0.2) is 48.5 Å². The number of anilines is 1. The Bertz CT molecular complexity index is 749. The van der Waals surface area contributed by atoms with Gasteiger partial charge in [-0.2, -0.15) is 0 Å². The summed E-state index contributed by atoms with van der Waals surface area (Å²) in [6.45, 7) is 3.80. The number of nitrogens with one attached hydrogen (secondary N) is 1. The number of ether oxygens (including phenoxy) is 2. The van der Waals surface area contributed by atoms with Crippen LogP contribution >= 0.6 is 11.6 Å². The molecule has 138 valence electrons. The summed E-state index contributed by atoms with van der Waals surface area (Å²) < 4.78 is 10.7. The third-order valence-electron chi connectivity index (χ3n) is 3.67. The highest BCUT2D eigenvalue weighted by atomic mass is 35.5. The maximum atomic E-state index is 12.2. The van der Waals surface area contributed by atoms with Crippen LogP contribution in [0.4, 0.5) is 5.69 Å². The normalized spacial score (nSPS) is 11.5. The first-order valence-corrected chi connectivity index (χ1v) is 8.78. The van der Waals surface area contributed by atoms with Gasteiger partial charge in [0.1, 0.15) is 5.75 Å². The van der Waals surface area contributed by atoms with E-state index in [1.807, 2.05) is 37.3 Å². The Balaban J connectivity index is 1.72. The van der Waals surface area contributed by atoms with Gasteiger partial charge in [0.05, 0.1) is 6.61 Å². The second-order valence-corrected chi connectivity index (χ2v) is 6.28. The number of hydrogen-bond acceptors (Lipinski definition) is 4. The van der Waals surface area contributed by atoms with Crippen molar-refractivity contribution in [3.8, 4) is 5.75 Å². The Labute approximate surface area is 158 Å². The van der Waals surface area contributed by atoms with E-state index in [0.29, 0.717) is 23.7 Å². The van der Waals surface area contributed by atoms with Gasteiger partial charge in [-0.05, 0) is 50.1 Å². The van der Waals surface area contributed by atoms with Crippen molar-refractivity contribution in [3.05, 3.63) is 59.1 Å². The molecule has 0 aliphatic heterocycles. The lowest BCUT2D eigenvalue weighted by Crippen LogP contribution is -2.30. The van der Waals surface area contributed by atoms with Crippen LogP contribution in [0.25, 0.3) is 0 Å². The molecule has 1 N–H and O–H groups in total. The lowest BCUT2D eigenvalue weighted by Gasteiger charge is -2.15. The predicted octanol–water partition coefficient (Wildman–Crippen LogP) is 4.38. The molecule has 2 aromatic carbocycles. The van der Waals surface area contributed by atoms with E-state index in [-0.39, 0.29) is 6.42 Å². The average molecular weight is 376 g/mol. The quantitative estimate of drug-likeness (QED) is 0.549. The fourth-order valence-electron chi connectivity index (χ4n) is 2.20. The van der Waals surface area contributed by atoms with Gasteiger partial charge in [0.2, 0.25) is 0 Å². The Morgan fingerprint density at radius 1 is 1.15 bits per heavy atom. The molecule has 1 atom stereocenters. The molecule has 0 aliphatic rings. The summed E-state index contributed by atoms with van der Waals surface area (Å²) in [5.74, 6) is -0.0816. The molecule has 5 nitrogen and oxygen atoms in total. The highest BCUT2D eigenvalue weighted by Crippen LogP contribution is 2.20. The molecule has 0 unspecified atom stereocenters. The second-order valence-electron chi connectivity index (χ2n) is 5.85. The zero-order valence-electron chi connectivity index (χ0n) is 14.8. The van der Waals surface area contributed by atoms with E-state index in [1.165, 1.54) is 6.92 Å². The maximum Gasteiger partial charge on any atom is 0.306 e. The van der Waals surface area contributed by atoms with Crippen LogP contribution in [0.5, 0.6) is 5.75 Å². The number of para-hydroxylation sites is 1. The Kier molecular flexibility index (Phi) is 7.48. The third kappa shape index (κ3) is 6.41. The van der Waals surface area contributed by atoms with Gasteiger partial charge in [-0.25, -0.2) is 0 Å². The van der Waals surface area contributed by atoms with E-state index in [0.717, 1.165) is 11.3 Å². The summed E-state index contributed by atoms with van der Waals surface area (Å²) in [6.07, 6.45) is -0.202. The monoisotopic (exact) mass is 375 g/mol. The van der Waals surface area contributed by atoms with Crippen molar-refractivity contribution in [3.63, 3.8) is 0 Å². The molecule has 0 radical (unpaired) electrons. The van der Waals surface area contributed by atoms with Crippen molar-refractivity contribution in [2.45, 2.75) is 32.8 Å². The van der Waals surface area contributed by atoms with Gasteiger partial charge >= 0.3 is 5.97 Å². The minimum Gasteiger partial charge on any atom is -0.494 e.